The second-order valence-corrected chi connectivity index (χ2v) is 5.81. The normalized spacial score (nSPS) is 24.1. The number of likely N-dealkylation sites (tertiary alicyclic amines) is 1. The van der Waals surface area contributed by atoms with E-state index in [9.17, 15) is 13.2 Å². The Morgan fingerprint density at radius 2 is 1.90 bits per heavy atom. The van der Waals surface area contributed by atoms with Crippen LogP contribution >= 0.6 is 0 Å². The van der Waals surface area contributed by atoms with Crippen molar-refractivity contribution in [1.29, 1.82) is 0 Å². The van der Waals surface area contributed by atoms with Crippen molar-refractivity contribution < 1.29 is 13.2 Å². The summed E-state index contributed by atoms with van der Waals surface area (Å²) in [5.41, 5.74) is -0.373. The number of alkyl halides is 3. The van der Waals surface area contributed by atoms with Gasteiger partial charge in [-0.1, -0.05) is 12.1 Å². The molecule has 1 aromatic carbocycles. The van der Waals surface area contributed by atoms with Crippen LogP contribution in [0.1, 0.15) is 24.8 Å². The number of hydrogen-bond donors (Lipinski definition) is 1. The lowest BCUT2D eigenvalue weighted by atomic mass is 10.1. The van der Waals surface area contributed by atoms with Crippen molar-refractivity contribution in [2.24, 2.45) is 5.92 Å². The standard InChI is InChI=1S/C15H19F3N2/c16-15(17,18)13-3-1-2-4-14(13)19-9-11-7-8-20(10-11)12-5-6-12/h1-4,11-12,19H,5-10H2. The summed E-state index contributed by atoms with van der Waals surface area (Å²) in [7, 11) is 0. The van der Waals surface area contributed by atoms with Gasteiger partial charge < -0.3 is 10.2 Å². The highest BCUT2D eigenvalue weighted by Crippen LogP contribution is 2.35. The monoisotopic (exact) mass is 284 g/mol. The summed E-state index contributed by atoms with van der Waals surface area (Å²) in [6.07, 6.45) is -0.634. The maximum atomic E-state index is 12.9. The third-order valence-corrected chi connectivity index (χ3v) is 4.19. The predicted octanol–water partition coefficient (Wildman–Crippen LogP) is 3.60. The van der Waals surface area contributed by atoms with Crippen LogP contribution < -0.4 is 5.32 Å². The highest BCUT2D eigenvalue weighted by molar-refractivity contribution is 5.52. The molecule has 1 heterocycles. The summed E-state index contributed by atoms with van der Waals surface area (Å²) >= 11 is 0. The first-order valence-electron chi connectivity index (χ1n) is 7.18. The Morgan fingerprint density at radius 3 is 2.60 bits per heavy atom. The summed E-state index contributed by atoms with van der Waals surface area (Å²) in [6.45, 7) is 2.74. The van der Waals surface area contributed by atoms with Crippen LogP contribution in [0.3, 0.4) is 0 Å². The Balaban J connectivity index is 1.58. The van der Waals surface area contributed by atoms with Crippen LogP contribution in [-0.2, 0) is 6.18 Å². The first-order chi connectivity index (χ1) is 9.54. The number of benzene rings is 1. The molecule has 3 rings (SSSR count). The predicted molar refractivity (Wildman–Crippen MR) is 72.6 cm³/mol. The molecule has 0 spiro atoms. The van der Waals surface area contributed by atoms with Crippen molar-refractivity contribution in [2.75, 3.05) is 25.0 Å². The van der Waals surface area contributed by atoms with Gasteiger partial charge in [-0.15, -0.1) is 0 Å². The molecule has 1 saturated carbocycles. The maximum absolute atomic E-state index is 12.9. The Bertz CT molecular complexity index is 468. The van der Waals surface area contributed by atoms with Gasteiger partial charge in [0.15, 0.2) is 0 Å². The van der Waals surface area contributed by atoms with Crippen molar-refractivity contribution in [3.8, 4) is 0 Å². The molecule has 0 aromatic heterocycles. The molecule has 2 fully saturated rings. The van der Waals surface area contributed by atoms with Crippen LogP contribution in [0.15, 0.2) is 24.3 Å². The fraction of sp³-hybridized carbons (Fsp3) is 0.600. The molecule has 1 aliphatic heterocycles. The number of rotatable bonds is 4. The summed E-state index contributed by atoms with van der Waals surface area (Å²) in [6, 6.07) is 6.47. The van der Waals surface area contributed by atoms with Gasteiger partial charge in [-0.3, -0.25) is 0 Å². The van der Waals surface area contributed by atoms with E-state index in [0.29, 0.717) is 12.5 Å². The molecule has 0 amide bonds. The SMILES string of the molecule is FC(F)(F)c1ccccc1NCC1CCN(C2CC2)C1. The molecule has 20 heavy (non-hydrogen) atoms. The molecule has 1 saturated heterocycles. The van der Waals surface area contributed by atoms with E-state index in [2.05, 4.69) is 10.2 Å². The summed E-state index contributed by atoms with van der Waals surface area (Å²) in [5.74, 6) is 0.455. The second-order valence-electron chi connectivity index (χ2n) is 5.81. The number of anilines is 1. The summed E-state index contributed by atoms with van der Waals surface area (Å²) in [4.78, 5) is 2.47. The molecular weight excluding hydrogens is 265 g/mol. The van der Waals surface area contributed by atoms with Gasteiger partial charge in [-0.05, 0) is 43.9 Å². The zero-order chi connectivity index (χ0) is 14.2. The van der Waals surface area contributed by atoms with E-state index in [0.717, 1.165) is 31.6 Å². The number of para-hydroxylation sites is 1. The Morgan fingerprint density at radius 1 is 1.15 bits per heavy atom. The average molecular weight is 284 g/mol. The summed E-state index contributed by atoms with van der Waals surface area (Å²) in [5, 5.41) is 2.99. The van der Waals surface area contributed by atoms with Gasteiger partial charge in [0.05, 0.1) is 5.56 Å². The van der Waals surface area contributed by atoms with Crippen molar-refractivity contribution in [2.45, 2.75) is 31.5 Å². The summed E-state index contributed by atoms with van der Waals surface area (Å²) < 4.78 is 38.6. The maximum Gasteiger partial charge on any atom is 0.418 e. The topological polar surface area (TPSA) is 15.3 Å². The molecule has 1 atom stereocenters. The molecule has 2 aliphatic rings. The zero-order valence-electron chi connectivity index (χ0n) is 11.3. The lowest BCUT2D eigenvalue weighted by molar-refractivity contribution is -0.136. The van der Waals surface area contributed by atoms with Crippen molar-refractivity contribution in [3.05, 3.63) is 29.8 Å². The molecule has 2 nitrogen and oxygen atoms in total. The molecule has 1 N–H and O–H groups in total. The van der Waals surface area contributed by atoms with Crippen LogP contribution in [0.5, 0.6) is 0 Å². The minimum atomic E-state index is -4.29. The zero-order valence-corrected chi connectivity index (χ0v) is 11.3. The smallest absolute Gasteiger partial charge is 0.384 e. The van der Waals surface area contributed by atoms with Gasteiger partial charge in [0.2, 0.25) is 0 Å². The molecule has 1 aliphatic carbocycles. The van der Waals surface area contributed by atoms with Crippen LogP contribution in [-0.4, -0.2) is 30.6 Å². The van der Waals surface area contributed by atoms with E-state index in [1.807, 2.05) is 0 Å². The quantitative estimate of drug-likeness (QED) is 0.908. The first kappa shape index (κ1) is 13.7. The molecule has 5 heteroatoms. The van der Waals surface area contributed by atoms with Gasteiger partial charge in [0.25, 0.3) is 0 Å². The average Bonchev–Trinajstić information content (AvgIpc) is 3.15. The van der Waals surface area contributed by atoms with Crippen molar-refractivity contribution >= 4 is 5.69 Å². The van der Waals surface area contributed by atoms with E-state index in [4.69, 9.17) is 0 Å². The van der Waals surface area contributed by atoms with E-state index in [1.54, 1.807) is 6.07 Å². The Labute approximate surface area is 117 Å². The number of hydrogen-bond acceptors (Lipinski definition) is 2. The molecule has 0 radical (unpaired) electrons. The number of halogens is 3. The molecule has 1 unspecified atom stereocenters. The fourth-order valence-corrected chi connectivity index (χ4v) is 2.94. The van der Waals surface area contributed by atoms with Crippen LogP contribution in [0.25, 0.3) is 0 Å². The van der Waals surface area contributed by atoms with Crippen molar-refractivity contribution in [1.82, 2.24) is 4.90 Å². The first-order valence-corrected chi connectivity index (χ1v) is 7.18. The van der Waals surface area contributed by atoms with Gasteiger partial charge in [-0.25, -0.2) is 0 Å². The lowest BCUT2D eigenvalue weighted by Crippen LogP contribution is -2.25. The molecule has 110 valence electrons. The van der Waals surface area contributed by atoms with Crippen LogP contribution in [0, 0.1) is 5.92 Å². The van der Waals surface area contributed by atoms with Gasteiger partial charge in [0.1, 0.15) is 0 Å². The van der Waals surface area contributed by atoms with E-state index in [1.165, 1.54) is 25.0 Å². The fourth-order valence-electron chi connectivity index (χ4n) is 2.94. The van der Waals surface area contributed by atoms with E-state index >= 15 is 0 Å². The van der Waals surface area contributed by atoms with Crippen molar-refractivity contribution in [3.63, 3.8) is 0 Å². The molecular formula is C15H19F3N2. The van der Waals surface area contributed by atoms with Crippen LogP contribution in [0.4, 0.5) is 18.9 Å². The third-order valence-electron chi connectivity index (χ3n) is 4.19. The Kier molecular flexibility index (Phi) is 3.63. The molecule has 0 bridgehead atoms. The van der Waals surface area contributed by atoms with E-state index < -0.39 is 11.7 Å². The van der Waals surface area contributed by atoms with Gasteiger partial charge >= 0.3 is 6.18 Å². The minimum Gasteiger partial charge on any atom is -0.384 e. The third kappa shape index (κ3) is 3.08. The largest absolute Gasteiger partial charge is 0.418 e. The number of nitrogens with zero attached hydrogens (tertiary/aromatic N) is 1. The minimum absolute atomic E-state index is 0.199. The van der Waals surface area contributed by atoms with Gasteiger partial charge in [0, 0.05) is 24.8 Å². The Hall–Kier alpha value is -1.23. The van der Waals surface area contributed by atoms with Crippen LogP contribution in [0.2, 0.25) is 0 Å². The second kappa shape index (κ2) is 5.28. The van der Waals surface area contributed by atoms with Gasteiger partial charge in [-0.2, -0.15) is 13.2 Å². The highest BCUT2D eigenvalue weighted by atomic mass is 19.4. The molecule has 1 aromatic rings. The van der Waals surface area contributed by atoms with E-state index in [-0.39, 0.29) is 5.69 Å². The lowest BCUT2D eigenvalue weighted by Gasteiger charge is -2.18. The highest BCUT2D eigenvalue weighted by Gasteiger charge is 2.35. The number of nitrogens with one attached hydrogen (secondary N) is 1.